The second-order valence-electron chi connectivity index (χ2n) is 5.09. The van der Waals surface area contributed by atoms with Gasteiger partial charge in [-0.3, -0.25) is 0 Å². The molecule has 22 heavy (non-hydrogen) atoms. The van der Waals surface area contributed by atoms with Crippen molar-refractivity contribution in [3.05, 3.63) is 48.3 Å². The molecule has 1 saturated heterocycles. The molecule has 3 rings (SSSR count). The maximum atomic E-state index is 12.6. The minimum Gasteiger partial charge on any atom is -0.495 e. The van der Waals surface area contributed by atoms with Gasteiger partial charge in [-0.1, -0.05) is 12.1 Å². The maximum Gasteiger partial charge on any atom is 0.323 e. The Morgan fingerprint density at radius 1 is 1.32 bits per heavy atom. The fourth-order valence-electron chi connectivity index (χ4n) is 2.59. The summed E-state index contributed by atoms with van der Waals surface area (Å²) in [6, 6.07) is 11.4. The normalized spacial score (nSPS) is 17.5. The number of ether oxygens (including phenoxy) is 1. The first-order valence-corrected chi connectivity index (χ1v) is 8.19. The van der Waals surface area contributed by atoms with Crippen LogP contribution in [0, 0.1) is 0 Å². The highest BCUT2D eigenvalue weighted by Crippen LogP contribution is 2.38. The van der Waals surface area contributed by atoms with Crippen LogP contribution in [0.3, 0.4) is 0 Å². The van der Waals surface area contributed by atoms with Crippen molar-refractivity contribution in [3.8, 4) is 5.75 Å². The molecule has 1 aliphatic heterocycles. The van der Waals surface area contributed by atoms with Crippen molar-refractivity contribution >= 4 is 23.5 Å². The number of nitrogens with one attached hydrogen (secondary N) is 1. The second kappa shape index (κ2) is 6.36. The number of carbonyl (C=O) groups excluding carboxylic acids is 1. The van der Waals surface area contributed by atoms with E-state index in [9.17, 15) is 4.79 Å². The van der Waals surface area contributed by atoms with Gasteiger partial charge in [0.15, 0.2) is 0 Å². The van der Waals surface area contributed by atoms with Crippen molar-refractivity contribution in [2.45, 2.75) is 5.37 Å². The van der Waals surface area contributed by atoms with E-state index in [1.165, 1.54) is 0 Å². The molecular weight excluding hydrogens is 298 g/mol. The number of aromatic nitrogens is 1. The molecule has 0 spiro atoms. The molecule has 1 unspecified atom stereocenters. The number of rotatable bonds is 3. The summed E-state index contributed by atoms with van der Waals surface area (Å²) in [7, 11) is 3.61. The minimum atomic E-state index is -0.0966. The first kappa shape index (κ1) is 14.8. The smallest absolute Gasteiger partial charge is 0.323 e. The van der Waals surface area contributed by atoms with Gasteiger partial charge >= 0.3 is 6.03 Å². The van der Waals surface area contributed by atoms with Crippen molar-refractivity contribution in [3.63, 3.8) is 0 Å². The monoisotopic (exact) mass is 317 g/mol. The van der Waals surface area contributed by atoms with Gasteiger partial charge in [-0.15, -0.1) is 11.8 Å². The van der Waals surface area contributed by atoms with Gasteiger partial charge < -0.3 is 19.5 Å². The fraction of sp³-hybridized carbons (Fsp3) is 0.312. The van der Waals surface area contributed by atoms with Gasteiger partial charge in [-0.25, -0.2) is 4.79 Å². The highest BCUT2D eigenvalue weighted by atomic mass is 32.2. The van der Waals surface area contributed by atoms with Crippen LogP contribution in [-0.4, -0.2) is 34.9 Å². The average Bonchev–Trinajstić information content (AvgIpc) is 3.16. The quantitative estimate of drug-likeness (QED) is 0.944. The Balaban J connectivity index is 1.78. The van der Waals surface area contributed by atoms with Crippen molar-refractivity contribution in [1.29, 1.82) is 0 Å². The number of carbonyl (C=O) groups is 1. The van der Waals surface area contributed by atoms with Crippen molar-refractivity contribution in [2.24, 2.45) is 7.05 Å². The maximum absolute atomic E-state index is 12.6. The van der Waals surface area contributed by atoms with Crippen LogP contribution in [0.4, 0.5) is 10.5 Å². The third kappa shape index (κ3) is 2.78. The molecule has 2 aromatic rings. The van der Waals surface area contributed by atoms with Gasteiger partial charge in [0.2, 0.25) is 0 Å². The van der Waals surface area contributed by atoms with Gasteiger partial charge in [-0.2, -0.15) is 0 Å². The molecule has 6 heteroatoms. The third-order valence-electron chi connectivity index (χ3n) is 3.74. The number of para-hydroxylation sites is 2. The molecule has 2 amide bonds. The molecule has 1 aromatic carbocycles. The van der Waals surface area contributed by atoms with E-state index in [0.717, 1.165) is 18.0 Å². The number of methoxy groups -OCH3 is 1. The Morgan fingerprint density at radius 3 is 2.86 bits per heavy atom. The predicted molar refractivity (Wildman–Crippen MR) is 89.3 cm³/mol. The van der Waals surface area contributed by atoms with Crippen molar-refractivity contribution in [1.82, 2.24) is 9.47 Å². The van der Waals surface area contributed by atoms with E-state index < -0.39 is 0 Å². The first-order valence-electron chi connectivity index (χ1n) is 7.14. The summed E-state index contributed by atoms with van der Waals surface area (Å²) in [6.45, 7) is 0.738. The topological polar surface area (TPSA) is 46.5 Å². The molecule has 0 aliphatic carbocycles. The van der Waals surface area contributed by atoms with Crippen molar-refractivity contribution < 1.29 is 9.53 Å². The Labute approximate surface area is 134 Å². The highest BCUT2D eigenvalue weighted by Gasteiger charge is 2.32. The molecule has 116 valence electrons. The molecular formula is C16H19N3O2S. The highest BCUT2D eigenvalue weighted by molar-refractivity contribution is 7.99. The third-order valence-corrected chi connectivity index (χ3v) is 4.97. The molecule has 1 N–H and O–H groups in total. The summed E-state index contributed by atoms with van der Waals surface area (Å²) >= 11 is 1.78. The van der Waals surface area contributed by atoms with E-state index in [2.05, 4.69) is 16.0 Å². The molecule has 1 atom stereocenters. The number of anilines is 1. The summed E-state index contributed by atoms with van der Waals surface area (Å²) in [6.07, 6.45) is 2.00. The largest absolute Gasteiger partial charge is 0.495 e. The molecule has 2 heterocycles. The van der Waals surface area contributed by atoms with E-state index >= 15 is 0 Å². The van der Waals surface area contributed by atoms with Crippen LogP contribution >= 0.6 is 11.8 Å². The van der Waals surface area contributed by atoms with Gasteiger partial charge in [0.05, 0.1) is 18.5 Å². The lowest BCUT2D eigenvalue weighted by Gasteiger charge is -2.25. The molecule has 0 bridgehead atoms. The summed E-state index contributed by atoms with van der Waals surface area (Å²) in [4.78, 5) is 14.5. The number of thioether (sulfide) groups is 1. The first-order chi connectivity index (χ1) is 10.7. The number of benzene rings is 1. The Bertz CT molecular complexity index is 671. The summed E-state index contributed by atoms with van der Waals surface area (Å²) in [5.41, 5.74) is 1.83. The van der Waals surface area contributed by atoms with Gasteiger partial charge in [0.25, 0.3) is 0 Å². The van der Waals surface area contributed by atoms with Crippen LogP contribution in [0.15, 0.2) is 42.6 Å². The zero-order valence-electron chi connectivity index (χ0n) is 12.7. The lowest BCUT2D eigenvalue weighted by Crippen LogP contribution is -2.35. The van der Waals surface area contributed by atoms with Crippen LogP contribution in [0.1, 0.15) is 11.1 Å². The van der Waals surface area contributed by atoms with E-state index in [1.54, 1.807) is 18.9 Å². The van der Waals surface area contributed by atoms with E-state index in [4.69, 9.17) is 4.74 Å². The van der Waals surface area contributed by atoms with Crippen LogP contribution in [0.2, 0.25) is 0 Å². The molecule has 0 radical (unpaired) electrons. The number of amides is 2. The van der Waals surface area contributed by atoms with Gasteiger partial charge in [0, 0.05) is 25.5 Å². The fourth-order valence-corrected chi connectivity index (χ4v) is 3.91. The molecule has 1 fully saturated rings. The average molecular weight is 317 g/mol. The Kier molecular flexibility index (Phi) is 4.29. The number of hydrogen-bond donors (Lipinski definition) is 1. The molecule has 0 saturated carbocycles. The Hall–Kier alpha value is -2.08. The second-order valence-corrected chi connectivity index (χ2v) is 6.28. The number of hydrogen-bond acceptors (Lipinski definition) is 3. The summed E-state index contributed by atoms with van der Waals surface area (Å²) in [5.74, 6) is 1.60. The predicted octanol–water partition coefficient (Wildman–Crippen LogP) is 3.31. The van der Waals surface area contributed by atoms with E-state index in [0.29, 0.717) is 11.4 Å². The zero-order chi connectivity index (χ0) is 15.5. The number of aryl methyl sites for hydroxylation is 1. The lowest BCUT2D eigenvalue weighted by atomic mass is 10.3. The van der Waals surface area contributed by atoms with Crippen LogP contribution < -0.4 is 10.1 Å². The van der Waals surface area contributed by atoms with Gasteiger partial charge in [0.1, 0.15) is 11.1 Å². The minimum absolute atomic E-state index is 0.0507. The SMILES string of the molecule is COc1ccccc1NC(=O)N1CCSC1c1cccn1C. The van der Waals surface area contributed by atoms with Crippen LogP contribution in [-0.2, 0) is 7.05 Å². The lowest BCUT2D eigenvalue weighted by molar-refractivity contribution is 0.213. The van der Waals surface area contributed by atoms with Gasteiger partial charge in [-0.05, 0) is 24.3 Å². The van der Waals surface area contributed by atoms with E-state index in [-0.39, 0.29) is 11.4 Å². The van der Waals surface area contributed by atoms with Crippen LogP contribution in [0.5, 0.6) is 5.75 Å². The summed E-state index contributed by atoms with van der Waals surface area (Å²) < 4.78 is 7.35. The van der Waals surface area contributed by atoms with Crippen LogP contribution in [0.25, 0.3) is 0 Å². The Morgan fingerprint density at radius 2 is 2.14 bits per heavy atom. The molecule has 1 aromatic heterocycles. The molecule has 5 nitrogen and oxygen atoms in total. The standard InChI is InChI=1S/C16H19N3O2S/c1-18-9-5-7-13(18)15-19(10-11-22-15)16(20)17-12-6-3-4-8-14(12)21-2/h3-9,15H,10-11H2,1-2H3,(H,17,20). The number of nitrogens with zero attached hydrogens (tertiary/aromatic N) is 2. The zero-order valence-corrected chi connectivity index (χ0v) is 13.5. The van der Waals surface area contributed by atoms with Crippen molar-refractivity contribution in [2.75, 3.05) is 24.7 Å². The molecule has 1 aliphatic rings. The van der Waals surface area contributed by atoms with E-state index in [1.807, 2.05) is 48.5 Å². The summed E-state index contributed by atoms with van der Waals surface area (Å²) in [5, 5.41) is 3.00. The number of urea groups is 1.